The number of hydrogen-bond donors (Lipinski definition) is 0. The van der Waals surface area contributed by atoms with Gasteiger partial charge in [-0.2, -0.15) is 0 Å². The zero-order valence-electron chi connectivity index (χ0n) is 9.55. The van der Waals surface area contributed by atoms with Crippen LogP contribution in [0.5, 0.6) is 0 Å². The predicted molar refractivity (Wildman–Crippen MR) is 66.8 cm³/mol. The maximum Gasteiger partial charge on any atom is 0.310 e. The summed E-state index contributed by atoms with van der Waals surface area (Å²) in [5.74, 6) is -0.425. The quantitative estimate of drug-likeness (QED) is 0.466. The van der Waals surface area contributed by atoms with Gasteiger partial charge in [0, 0.05) is 11.4 Å². The second kappa shape index (κ2) is 6.99. The van der Waals surface area contributed by atoms with Crippen LogP contribution in [-0.2, 0) is 21.8 Å². The number of halogens is 4. The summed E-state index contributed by atoms with van der Waals surface area (Å²) in [5, 5.41) is 0. The zero-order valence-corrected chi connectivity index (χ0v) is 11.9. The molecule has 1 aromatic rings. The molecule has 0 aromatic carbocycles. The summed E-state index contributed by atoms with van der Waals surface area (Å²) in [6.07, 6.45) is -2.73. The Hall–Kier alpha value is -0.750. The van der Waals surface area contributed by atoms with E-state index in [1.54, 1.807) is 6.92 Å². The van der Waals surface area contributed by atoms with Crippen LogP contribution in [0.15, 0.2) is 10.7 Å². The topological polar surface area (TPSA) is 39.2 Å². The summed E-state index contributed by atoms with van der Waals surface area (Å²) < 4.78 is 30.1. The molecule has 7 heteroatoms. The normalized spacial score (nSPS) is 10.8. The molecule has 0 unspecified atom stereocenters. The van der Waals surface area contributed by atoms with Crippen molar-refractivity contribution in [1.82, 2.24) is 4.98 Å². The molecule has 3 nitrogen and oxygen atoms in total. The third kappa shape index (κ3) is 3.88. The Balaban J connectivity index is 3.07. The summed E-state index contributed by atoms with van der Waals surface area (Å²) >= 11 is 8.77. The molecule has 1 heterocycles. The number of aromatic nitrogens is 1. The number of carbonyl (C=O) groups excluding carboxylic acids is 1. The first kappa shape index (κ1) is 15.3. The Kier molecular flexibility index (Phi) is 5.95. The summed E-state index contributed by atoms with van der Waals surface area (Å²) in [6.45, 7) is 1.95. The van der Waals surface area contributed by atoms with E-state index in [1.807, 2.05) is 0 Å². The fourth-order valence-corrected chi connectivity index (χ4v) is 2.22. The van der Waals surface area contributed by atoms with E-state index in [-0.39, 0.29) is 29.2 Å². The number of ether oxygens (including phenoxy) is 1. The SMILES string of the molecule is CCOC(=O)Cc1c(CCl)cc(C(F)F)nc1Br. The van der Waals surface area contributed by atoms with Gasteiger partial charge >= 0.3 is 5.97 Å². The molecule has 1 rings (SSSR count). The number of hydrogen-bond acceptors (Lipinski definition) is 3. The van der Waals surface area contributed by atoms with Gasteiger partial charge in [-0.3, -0.25) is 4.79 Å². The lowest BCUT2D eigenvalue weighted by Gasteiger charge is -2.11. The first-order valence-electron chi connectivity index (χ1n) is 5.17. The van der Waals surface area contributed by atoms with Gasteiger partial charge in [0.2, 0.25) is 0 Å². The van der Waals surface area contributed by atoms with Crippen LogP contribution in [0.4, 0.5) is 8.78 Å². The van der Waals surface area contributed by atoms with Crippen molar-refractivity contribution < 1.29 is 18.3 Å². The first-order chi connectivity index (χ1) is 8.49. The molecule has 0 bridgehead atoms. The number of esters is 1. The predicted octanol–water partition coefficient (Wildman–Crippen LogP) is 3.63. The lowest BCUT2D eigenvalue weighted by molar-refractivity contribution is -0.142. The van der Waals surface area contributed by atoms with Gasteiger partial charge in [-0.15, -0.1) is 11.6 Å². The van der Waals surface area contributed by atoms with E-state index in [4.69, 9.17) is 16.3 Å². The van der Waals surface area contributed by atoms with E-state index in [9.17, 15) is 13.6 Å². The first-order valence-corrected chi connectivity index (χ1v) is 6.50. The summed E-state index contributed by atoms with van der Waals surface area (Å²) in [4.78, 5) is 15.1. The van der Waals surface area contributed by atoms with E-state index in [1.165, 1.54) is 6.07 Å². The van der Waals surface area contributed by atoms with Crippen LogP contribution in [0.1, 0.15) is 30.2 Å². The van der Waals surface area contributed by atoms with Gasteiger partial charge in [-0.05, 0) is 34.5 Å². The van der Waals surface area contributed by atoms with E-state index >= 15 is 0 Å². The van der Waals surface area contributed by atoms with Crippen molar-refractivity contribution in [2.45, 2.75) is 25.7 Å². The monoisotopic (exact) mass is 341 g/mol. The molecule has 18 heavy (non-hydrogen) atoms. The molecule has 0 saturated carbocycles. The maximum atomic E-state index is 12.6. The van der Waals surface area contributed by atoms with Crippen molar-refractivity contribution in [3.8, 4) is 0 Å². The van der Waals surface area contributed by atoms with Gasteiger partial charge in [0.05, 0.1) is 13.0 Å². The Bertz CT molecular complexity index is 443. The maximum absolute atomic E-state index is 12.6. The molecule has 0 aliphatic heterocycles. The van der Waals surface area contributed by atoms with Crippen molar-refractivity contribution >= 4 is 33.5 Å². The average Bonchev–Trinajstić information content (AvgIpc) is 2.31. The van der Waals surface area contributed by atoms with Gasteiger partial charge in [-0.1, -0.05) is 0 Å². The van der Waals surface area contributed by atoms with Crippen LogP contribution in [0, 0.1) is 0 Å². The average molecular weight is 343 g/mol. The Labute approximate surface area is 117 Å². The fourth-order valence-electron chi connectivity index (χ4n) is 1.39. The van der Waals surface area contributed by atoms with Crippen molar-refractivity contribution in [3.05, 3.63) is 27.5 Å². The second-order valence-electron chi connectivity index (χ2n) is 3.39. The van der Waals surface area contributed by atoms with Crippen molar-refractivity contribution in [3.63, 3.8) is 0 Å². The van der Waals surface area contributed by atoms with Crippen molar-refractivity contribution in [2.75, 3.05) is 6.61 Å². The number of alkyl halides is 3. The van der Waals surface area contributed by atoms with Gasteiger partial charge in [0.1, 0.15) is 10.3 Å². The van der Waals surface area contributed by atoms with Crippen LogP contribution in [0.25, 0.3) is 0 Å². The molecule has 0 N–H and O–H groups in total. The highest BCUT2D eigenvalue weighted by Crippen LogP contribution is 2.27. The molecular formula is C11H11BrClF2NO2. The number of pyridine rings is 1. The Morgan fingerprint density at radius 2 is 2.28 bits per heavy atom. The third-order valence-electron chi connectivity index (χ3n) is 2.18. The number of carbonyl (C=O) groups is 1. The zero-order chi connectivity index (χ0) is 13.7. The minimum Gasteiger partial charge on any atom is -0.466 e. The fraction of sp³-hybridized carbons (Fsp3) is 0.455. The summed E-state index contributed by atoms with van der Waals surface area (Å²) in [7, 11) is 0. The van der Waals surface area contributed by atoms with Crippen LogP contribution in [0.3, 0.4) is 0 Å². The van der Waals surface area contributed by atoms with Crippen molar-refractivity contribution in [2.24, 2.45) is 0 Å². The lowest BCUT2D eigenvalue weighted by Crippen LogP contribution is -2.11. The molecule has 0 saturated heterocycles. The molecule has 0 spiro atoms. The molecule has 0 atom stereocenters. The smallest absolute Gasteiger partial charge is 0.310 e. The van der Waals surface area contributed by atoms with Gasteiger partial charge in [0.15, 0.2) is 0 Å². The molecule has 0 fully saturated rings. The van der Waals surface area contributed by atoms with E-state index < -0.39 is 12.4 Å². The standard InChI is InChI=1S/C11H11BrClF2NO2/c1-2-18-9(17)4-7-6(5-13)3-8(11(14)15)16-10(7)12/h3,11H,2,4-5H2,1H3. The highest BCUT2D eigenvalue weighted by atomic mass is 79.9. The molecule has 0 aliphatic rings. The number of rotatable bonds is 5. The second-order valence-corrected chi connectivity index (χ2v) is 4.41. The molecule has 1 aromatic heterocycles. The number of nitrogens with zero attached hydrogens (tertiary/aromatic N) is 1. The van der Waals surface area contributed by atoms with E-state index in [0.717, 1.165) is 0 Å². The Morgan fingerprint density at radius 1 is 1.61 bits per heavy atom. The largest absolute Gasteiger partial charge is 0.466 e. The summed E-state index contributed by atoms with van der Waals surface area (Å²) in [5.41, 5.74) is 0.555. The highest BCUT2D eigenvalue weighted by Gasteiger charge is 2.18. The van der Waals surface area contributed by atoms with Crippen LogP contribution in [-0.4, -0.2) is 17.6 Å². The molecular weight excluding hydrogens is 331 g/mol. The van der Waals surface area contributed by atoms with Crippen LogP contribution >= 0.6 is 27.5 Å². The van der Waals surface area contributed by atoms with E-state index in [2.05, 4.69) is 20.9 Å². The summed E-state index contributed by atoms with van der Waals surface area (Å²) in [6, 6.07) is 1.21. The molecule has 0 radical (unpaired) electrons. The van der Waals surface area contributed by atoms with Gasteiger partial charge in [-0.25, -0.2) is 13.8 Å². The van der Waals surface area contributed by atoms with Crippen LogP contribution in [0.2, 0.25) is 0 Å². The van der Waals surface area contributed by atoms with Gasteiger partial charge < -0.3 is 4.74 Å². The molecule has 100 valence electrons. The molecule has 0 amide bonds. The molecule has 0 aliphatic carbocycles. The minimum absolute atomic E-state index is 0.0234. The third-order valence-corrected chi connectivity index (χ3v) is 3.12. The highest BCUT2D eigenvalue weighted by molar-refractivity contribution is 9.10. The van der Waals surface area contributed by atoms with Gasteiger partial charge in [0.25, 0.3) is 6.43 Å². The minimum atomic E-state index is -2.68. The Morgan fingerprint density at radius 3 is 2.78 bits per heavy atom. The van der Waals surface area contributed by atoms with E-state index in [0.29, 0.717) is 11.1 Å². The van der Waals surface area contributed by atoms with Crippen LogP contribution < -0.4 is 0 Å². The van der Waals surface area contributed by atoms with Crippen molar-refractivity contribution in [1.29, 1.82) is 0 Å². The lowest BCUT2D eigenvalue weighted by atomic mass is 10.1.